The second-order valence-corrected chi connectivity index (χ2v) is 9.10. The van der Waals surface area contributed by atoms with Crippen molar-refractivity contribution in [3.8, 4) is 11.4 Å². The lowest BCUT2D eigenvalue weighted by Crippen LogP contribution is -2.33. The van der Waals surface area contributed by atoms with E-state index in [2.05, 4.69) is 16.3 Å². The Morgan fingerprint density at radius 1 is 1.23 bits per heavy atom. The number of benzene rings is 2. The van der Waals surface area contributed by atoms with Gasteiger partial charge in [0.2, 0.25) is 5.91 Å². The van der Waals surface area contributed by atoms with Crippen LogP contribution in [0, 0.1) is 4.77 Å². The van der Waals surface area contributed by atoms with E-state index in [1.807, 2.05) is 35.2 Å². The zero-order valence-corrected chi connectivity index (χ0v) is 18.3. The summed E-state index contributed by atoms with van der Waals surface area (Å²) in [4.78, 5) is 20.0. The molecule has 1 aliphatic heterocycles. The van der Waals surface area contributed by atoms with Crippen LogP contribution in [0.1, 0.15) is 23.9 Å². The third-order valence-corrected chi connectivity index (χ3v) is 7.02. The quantitative estimate of drug-likeness (QED) is 0.427. The highest BCUT2D eigenvalue weighted by Crippen LogP contribution is 2.36. The van der Waals surface area contributed by atoms with E-state index >= 15 is 0 Å². The maximum atomic E-state index is 13.3. The minimum absolute atomic E-state index is 0.00922. The monoisotopic (exact) mass is 455 g/mol. The number of carbonyl (C=O) groups excluding carboxylic acids is 1. The Balaban J connectivity index is 1.42. The van der Waals surface area contributed by atoms with Gasteiger partial charge in [0, 0.05) is 17.1 Å². The fourth-order valence-electron chi connectivity index (χ4n) is 3.86. The maximum Gasteiger partial charge on any atom is 0.243 e. The topological polar surface area (TPSA) is 66.8 Å². The number of rotatable bonds is 4. The maximum absolute atomic E-state index is 13.3. The SMILES string of the molecule is O=C(Cn1c(-c2ccc(Cl)cc2)n[nH]c1=S)N1CCC[C@@H]1c1nc2ccccc2s1. The molecule has 1 N–H and O–H groups in total. The van der Waals surface area contributed by atoms with Crippen LogP contribution < -0.4 is 0 Å². The van der Waals surface area contributed by atoms with Crippen LogP contribution in [-0.4, -0.2) is 37.1 Å². The highest BCUT2D eigenvalue weighted by atomic mass is 35.5. The molecule has 2 aromatic carbocycles. The Morgan fingerprint density at radius 3 is 2.83 bits per heavy atom. The van der Waals surface area contributed by atoms with Gasteiger partial charge in [-0.2, -0.15) is 5.10 Å². The van der Waals surface area contributed by atoms with Crippen molar-refractivity contribution in [2.45, 2.75) is 25.4 Å². The molecular formula is C21H18ClN5OS2. The van der Waals surface area contributed by atoms with Gasteiger partial charge in [-0.3, -0.25) is 14.5 Å². The lowest BCUT2D eigenvalue weighted by Gasteiger charge is -2.23. The van der Waals surface area contributed by atoms with Crippen LogP contribution in [0.4, 0.5) is 0 Å². The molecule has 3 heterocycles. The highest BCUT2D eigenvalue weighted by Gasteiger charge is 2.32. The number of thiazole rings is 1. The number of para-hydroxylation sites is 1. The number of aromatic nitrogens is 4. The fraction of sp³-hybridized carbons (Fsp3) is 0.238. The summed E-state index contributed by atoms with van der Waals surface area (Å²) in [6.45, 7) is 0.857. The minimum Gasteiger partial charge on any atom is -0.332 e. The van der Waals surface area contributed by atoms with Gasteiger partial charge in [0.05, 0.1) is 16.3 Å². The van der Waals surface area contributed by atoms with Crippen LogP contribution in [-0.2, 0) is 11.3 Å². The molecule has 0 spiro atoms. The summed E-state index contributed by atoms with van der Waals surface area (Å²) in [7, 11) is 0. The Kier molecular flexibility index (Phi) is 5.14. The smallest absolute Gasteiger partial charge is 0.243 e. The van der Waals surface area contributed by atoms with Crippen LogP contribution in [0.25, 0.3) is 21.6 Å². The molecule has 1 amide bonds. The van der Waals surface area contributed by atoms with Crippen molar-refractivity contribution in [3.63, 3.8) is 0 Å². The molecule has 4 aromatic rings. The van der Waals surface area contributed by atoms with E-state index in [4.69, 9.17) is 28.8 Å². The lowest BCUT2D eigenvalue weighted by molar-refractivity contribution is -0.132. The van der Waals surface area contributed by atoms with Gasteiger partial charge < -0.3 is 4.90 Å². The number of hydrogen-bond acceptors (Lipinski definition) is 5. The summed E-state index contributed by atoms with van der Waals surface area (Å²) in [6.07, 6.45) is 1.89. The van der Waals surface area contributed by atoms with Gasteiger partial charge in [0.1, 0.15) is 11.6 Å². The molecular weight excluding hydrogens is 438 g/mol. The minimum atomic E-state index is 0.00922. The van der Waals surface area contributed by atoms with Gasteiger partial charge in [-0.15, -0.1) is 11.3 Å². The van der Waals surface area contributed by atoms with Crippen molar-refractivity contribution in [1.82, 2.24) is 24.6 Å². The van der Waals surface area contributed by atoms with E-state index in [9.17, 15) is 4.79 Å². The third kappa shape index (κ3) is 3.55. The molecule has 0 aliphatic carbocycles. The normalized spacial score (nSPS) is 16.4. The van der Waals surface area contributed by atoms with Gasteiger partial charge in [-0.25, -0.2) is 4.98 Å². The van der Waals surface area contributed by atoms with Gasteiger partial charge in [-0.1, -0.05) is 23.7 Å². The average molecular weight is 456 g/mol. The Bertz CT molecular complexity index is 1240. The third-order valence-electron chi connectivity index (χ3n) is 5.32. The number of carbonyl (C=O) groups is 1. The average Bonchev–Trinajstić information content (AvgIpc) is 3.47. The molecule has 1 fully saturated rings. The van der Waals surface area contributed by atoms with Gasteiger partial charge >= 0.3 is 0 Å². The first-order valence-electron chi connectivity index (χ1n) is 9.66. The Morgan fingerprint density at radius 2 is 2.03 bits per heavy atom. The highest BCUT2D eigenvalue weighted by molar-refractivity contribution is 7.71. The summed E-state index contributed by atoms with van der Waals surface area (Å²) in [6, 6.07) is 15.4. The van der Waals surface area contributed by atoms with E-state index in [-0.39, 0.29) is 18.5 Å². The van der Waals surface area contributed by atoms with E-state index in [1.165, 1.54) is 0 Å². The van der Waals surface area contributed by atoms with Crippen molar-refractivity contribution < 1.29 is 4.79 Å². The molecule has 2 aromatic heterocycles. The van der Waals surface area contributed by atoms with Crippen LogP contribution in [0.15, 0.2) is 48.5 Å². The molecule has 6 nitrogen and oxygen atoms in total. The summed E-state index contributed by atoms with van der Waals surface area (Å²) in [5.41, 5.74) is 1.84. The molecule has 0 radical (unpaired) electrons. The number of nitrogens with one attached hydrogen (secondary N) is 1. The molecule has 9 heteroatoms. The number of nitrogens with zero attached hydrogens (tertiary/aromatic N) is 4. The zero-order valence-electron chi connectivity index (χ0n) is 15.9. The van der Waals surface area contributed by atoms with Gasteiger partial charge in [0.15, 0.2) is 10.6 Å². The van der Waals surface area contributed by atoms with E-state index in [0.29, 0.717) is 15.6 Å². The number of hydrogen-bond donors (Lipinski definition) is 1. The van der Waals surface area contributed by atoms with Crippen LogP contribution in [0.3, 0.4) is 0 Å². The zero-order chi connectivity index (χ0) is 20.7. The molecule has 30 heavy (non-hydrogen) atoms. The molecule has 1 saturated heterocycles. The number of amides is 1. The lowest BCUT2D eigenvalue weighted by atomic mass is 10.2. The van der Waals surface area contributed by atoms with E-state index in [1.54, 1.807) is 28.0 Å². The molecule has 1 aliphatic rings. The number of H-pyrrole nitrogens is 1. The van der Waals surface area contributed by atoms with Gasteiger partial charge in [-0.05, 0) is 61.5 Å². The predicted octanol–water partition coefficient (Wildman–Crippen LogP) is 5.23. The Labute approximate surface area is 187 Å². The van der Waals surface area contributed by atoms with Crippen LogP contribution >= 0.6 is 35.2 Å². The summed E-state index contributed by atoms with van der Waals surface area (Å²) < 4.78 is 3.31. The predicted molar refractivity (Wildman–Crippen MR) is 121 cm³/mol. The second kappa shape index (κ2) is 7.94. The Hall–Kier alpha value is -2.55. The summed E-state index contributed by atoms with van der Waals surface area (Å²) in [5.74, 6) is 0.644. The van der Waals surface area contributed by atoms with E-state index in [0.717, 1.165) is 40.2 Å². The fourth-order valence-corrected chi connectivity index (χ4v) is 5.30. The van der Waals surface area contributed by atoms with Crippen molar-refractivity contribution in [3.05, 3.63) is 63.3 Å². The van der Waals surface area contributed by atoms with Crippen molar-refractivity contribution in [2.75, 3.05) is 6.54 Å². The second-order valence-electron chi connectivity index (χ2n) is 7.21. The number of fused-ring (bicyclic) bond motifs is 1. The number of halogens is 1. The molecule has 1 atom stereocenters. The number of likely N-dealkylation sites (tertiary alicyclic amines) is 1. The first-order valence-corrected chi connectivity index (χ1v) is 11.3. The summed E-state index contributed by atoms with van der Waals surface area (Å²) >= 11 is 13.1. The summed E-state index contributed by atoms with van der Waals surface area (Å²) in [5, 5.41) is 8.77. The molecule has 5 rings (SSSR count). The van der Waals surface area contributed by atoms with Crippen molar-refractivity contribution >= 4 is 51.3 Å². The van der Waals surface area contributed by atoms with Crippen molar-refractivity contribution in [2.24, 2.45) is 0 Å². The first-order chi connectivity index (χ1) is 14.6. The van der Waals surface area contributed by atoms with Crippen LogP contribution in [0.2, 0.25) is 5.02 Å². The first kappa shape index (κ1) is 19.4. The molecule has 0 saturated carbocycles. The van der Waals surface area contributed by atoms with Crippen LogP contribution in [0.5, 0.6) is 0 Å². The van der Waals surface area contributed by atoms with Crippen molar-refractivity contribution in [1.29, 1.82) is 0 Å². The van der Waals surface area contributed by atoms with E-state index < -0.39 is 0 Å². The standard InChI is InChI=1S/C21H18ClN5OS2/c22-14-9-7-13(8-10-14)19-24-25-21(29)27(19)12-18(28)26-11-3-5-16(26)20-23-15-4-1-2-6-17(15)30-20/h1-2,4,6-10,16H,3,5,11-12H2,(H,25,29)/t16-/m1/s1. The molecule has 0 unspecified atom stereocenters. The molecule has 0 bridgehead atoms. The van der Waals surface area contributed by atoms with Gasteiger partial charge in [0.25, 0.3) is 0 Å². The largest absolute Gasteiger partial charge is 0.332 e. The number of aromatic amines is 1. The molecule has 152 valence electrons.